The zero-order valence-electron chi connectivity index (χ0n) is 14.7. The van der Waals surface area contributed by atoms with E-state index in [1.54, 1.807) is 6.92 Å². The Kier molecular flexibility index (Phi) is 4.43. The summed E-state index contributed by atoms with van der Waals surface area (Å²) in [4.78, 5) is 13.7. The molecule has 0 radical (unpaired) electrons. The number of aromatic nitrogens is 2. The first-order valence-corrected chi connectivity index (χ1v) is 9.21. The number of piperazine rings is 1. The van der Waals surface area contributed by atoms with Crippen molar-refractivity contribution in [3.63, 3.8) is 0 Å². The Morgan fingerprint density at radius 2 is 2.08 bits per heavy atom. The van der Waals surface area contributed by atoms with Crippen molar-refractivity contribution in [1.82, 2.24) is 25.3 Å². The molecule has 0 spiro atoms. The lowest BCUT2D eigenvalue weighted by Gasteiger charge is -2.41. The lowest BCUT2D eigenvalue weighted by Crippen LogP contribution is -2.55. The molecule has 24 heavy (non-hydrogen) atoms. The van der Waals surface area contributed by atoms with Crippen molar-refractivity contribution in [2.45, 2.75) is 45.2 Å². The molecular weight excluding hydrogens is 304 g/mol. The molecule has 132 valence electrons. The van der Waals surface area contributed by atoms with Crippen molar-refractivity contribution in [2.75, 3.05) is 33.2 Å². The van der Waals surface area contributed by atoms with Crippen LogP contribution >= 0.6 is 0 Å². The minimum Gasteiger partial charge on any atom is -0.349 e. The van der Waals surface area contributed by atoms with Gasteiger partial charge in [0.1, 0.15) is 0 Å². The van der Waals surface area contributed by atoms with Gasteiger partial charge in [0.2, 0.25) is 5.89 Å². The molecule has 1 aliphatic heterocycles. The largest absolute Gasteiger partial charge is 0.349 e. The first-order valence-electron chi connectivity index (χ1n) is 9.21. The van der Waals surface area contributed by atoms with E-state index in [-0.39, 0.29) is 0 Å². The Morgan fingerprint density at radius 3 is 2.67 bits per heavy atom. The fourth-order valence-electron chi connectivity index (χ4n) is 4.83. The summed E-state index contributed by atoms with van der Waals surface area (Å²) in [5.74, 6) is 4.20. The molecule has 0 amide bonds. The van der Waals surface area contributed by atoms with Gasteiger partial charge in [-0.15, -0.1) is 0 Å². The zero-order chi connectivity index (χ0) is 16.5. The highest BCUT2D eigenvalue weighted by Gasteiger charge is 2.42. The highest BCUT2D eigenvalue weighted by molar-refractivity contribution is 5.79. The van der Waals surface area contributed by atoms with Crippen LogP contribution < -0.4 is 5.32 Å². The summed E-state index contributed by atoms with van der Waals surface area (Å²) in [6.45, 7) is 6.74. The predicted octanol–water partition coefficient (Wildman–Crippen LogP) is 1.26. The molecule has 7 nitrogen and oxygen atoms in total. The second-order valence-corrected chi connectivity index (χ2v) is 7.40. The number of guanidine groups is 1. The average molecular weight is 332 g/mol. The lowest BCUT2D eigenvalue weighted by molar-refractivity contribution is 0.0958. The van der Waals surface area contributed by atoms with Gasteiger partial charge >= 0.3 is 0 Å². The van der Waals surface area contributed by atoms with Gasteiger partial charge in [0.05, 0.1) is 6.54 Å². The summed E-state index contributed by atoms with van der Waals surface area (Å²) in [5, 5.41) is 7.28. The average Bonchev–Trinajstić information content (AvgIpc) is 3.33. The third-order valence-electron chi connectivity index (χ3n) is 5.97. The molecule has 2 heterocycles. The van der Waals surface area contributed by atoms with Crippen LogP contribution in [0, 0.1) is 18.8 Å². The van der Waals surface area contributed by atoms with Gasteiger partial charge in [-0.2, -0.15) is 4.98 Å². The third-order valence-corrected chi connectivity index (χ3v) is 5.97. The molecule has 2 saturated carbocycles. The second-order valence-electron chi connectivity index (χ2n) is 7.40. The number of hydrogen-bond donors (Lipinski definition) is 1. The van der Waals surface area contributed by atoms with Crippen molar-refractivity contribution in [2.24, 2.45) is 16.8 Å². The number of fused-ring (bicyclic) bond motifs is 2. The van der Waals surface area contributed by atoms with Crippen LogP contribution in [-0.2, 0) is 6.54 Å². The normalized spacial score (nSPS) is 31.0. The zero-order valence-corrected chi connectivity index (χ0v) is 14.7. The van der Waals surface area contributed by atoms with Crippen LogP contribution in [-0.4, -0.2) is 65.2 Å². The fraction of sp³-hybridized carbons (Fsp3) is 0.824. The molecule has 1 aromatic heterocycles. The Hall–Kier alpha value is -1.63. The van der Waals surface area contributed by atoms with Gasteiger partial charge in [-0.25, -0.2) is 0 Å². The van der Waals surface area contributed by atoms with Crippen molar-refractivity contribution >= 4 is 5.96 Å². The van der Waals surface area contributed by atoms with Crippen LogP contribution in [0.5, 0.6) is 0 Å². The highest BCUT2D eigenvalue weighted by Crippen LogP contribution is 2.46. The van der Waals surface area contributed by atoms with Gasteiger partial charge in [-0.1, -0.05) is 11.6 Å². The van der Waals surface area contributed by atoms with Crippen LogP contribution in [0.4, 0.5) is 0 Å². The highest BCUT2D eigenvalue weighted by atomic mass is 16.5. The number of rotatable bonds is 3. The summed E-state index contributed by atoms with van der Waals surface area (Å²) in [6.07, 6.45) is 5.86. The number of nitrogens with one attached hydrogen (secondary N) is 1. The Labute approximate surface area is 143 Å². The van der Waals surface area contributed by atoms with Crippen LogP contribution in [0.3, 0.4) is 0 Å². The van der Waals surface area contributed by atoms with Gasteiger partial charge < -0.3 is 14.7 Å². The molecular formula is C17H28N6O. The maximum Gasteiger partial charge on any atom is 0.223 e. The number of aryl methyl sites for hydroxylation is 1. The van der Waals surface area contributed by atoms with E-state index >= 15 is 0 Å². The van der Waals surface area contributed by atoms with E-state index in [9.17, 15) is 0 Å². The molecule has 3 fully saturated rings. The van der Waals surface area contributed by atoms with Crippen LogP contribution in [0.1, 0.15) is 37.4 Å². The maximum absolute atomic E-state index is 5.01. The summed E-state index contributed by atoms with van der Waals surface area (Å²) in [7, 11) is 1.84. The van der Waals surface area contributed by atoms with Crippen molar-refractivity contribution < 1.29 is 4.52 Å². The van der Waals surface area contributed by atoms with Crippen molar-refractivity contribution in [3.8, 4) is 0 Å². The van der Waals surface area contributed by atoms with E-state index in [1.165, 1.54) is 25.7 Å². The van der Waals surface area contributed by atoms with E-state index in [1.807, 2.05) is 7.05 Å². The second kappa shape index (κ2) is 6.70. The molecule has 1 N–H and O–H groups in total. The SMILES string of the molecule is CN=C(NCc1noc(C)n1)N1CCN(C2CC3CCC2C3)CC1. The molecule has 3 unspecified atom stereocenters. The first-order chi connectivity index (χ1) is 11.7. The standard InChI is InChI=1S/C17H28N6O/c1-12-20-16(21-24-12)11-19-17(18-2)23-7-5-22(6-8-23)15-10-13-3-4-14(15)9-13/h13-15H,3-11H2,1-2H3,(H,18,19). The summed E-state index contributed by atoms with van der Waals surface area (Å²) in [5.41, 5.74) is 0. The molecule has 1 saturated heterocycles. The van der Waals surface area contributed by atoms with Crippen LogP contribution in [0.15, 0.2) is 9.52 Å². The van der Waals surface area contributed by atoms with Crippen molar-refractivity contribution in [1.29, 1.82) is 0 Å². The van der Waals surface area contributed by atoms with E-state index in [0.29, 0.717) is 18.3 Å². The molecule has 3 aliphatic rings. The van der Waals surface area contributed by atoms with E-state index in [0.717, 1.165) is 50.0 Å². The van der Waals surface area contributed by atoms with Gasteiger partial charge in [-0.3, -0.25) is 9.89 Å². The smallest absolute Gasteiger partial charge is 0.223 e. The van der Waals surface area contributed by atoms with E-state index in [4.69, 9.17) is 4.52 Å². The Balaban J connectivity index is 1.28. The molecule has 3 atom stereocenters. The number of aliphatic imine (C=N–C) groups is 1. The number of nitrogens with zero attached hydrogens (tertiary/aromatic N) is 5. The first kappa shape index (κ1) is 15.9. The van der Waals surface area contributed by atoms with Gasteiger partial charge in [0.15, 0.2) is 11.8 Å². The molecule has 0 aromatic carbocycles. The van der Waals surface area contributed by atoms with Gasteiger partial charge in [0.25, 0.3) is 0 Å². The quantitative estimate of drug-likeness (QED) is 0.664. The number of hydrogen-bond acceptors (Lipinski definition) is 5. The lowest BCUT2D eigenvalue weighted by atomic mass is 9.93. The Morgan fingerprint density at radius 1 is 1.25 bits per heavy atom. The van der Waals surface area contributed by atoms with Crippen molar-refractivity contribution in [3.05, 3.63) is 11.7 Å². The summed E-state index contributed by atoms with van der Waals surface area (Å²) in [6, 6.07) is 0.850. The van der Waals surface area contributed by atoms with E-state index in [2.05, 4.69) is 30.2 Å². The molecule has 7 heteroatoms. The minimum absolute atomic E-state index is 0.552. The van der Waals surface area contributed by atoms with Gasteiger partial charge in [-0.05, 0) is 31.1 Å². The monoisotopic (exact) mass is 332 g/mol. The van der Waals surface area contributed by atoms with Crippen LogP contribution in [0.2, 0.25) is 0 Å². The fourth-order valence-corrected chi connectivity index (χ4v) is 4.83. The minimum atomic E-state index is 0.552. The van der Waals surface area contributed by atoms with E-state index < -0.39 is 0 Å². The van der Waals surface area contributed by atoms with Crippen LogP contribution in [0.25, 0.3) is 0 Å². The summed E-state index contributed by atoms with van der Waals surface area (Å²) < 4.78 is 5.01. The molecule has 2 bridgehead atoms. The molecule has 2 aliphatic carbocycles. The molecule has 4 rings (SSSR count). The third kappa shape index (κ3) is 3.14. The summed E-state index contributed by atoms with van der Waals surface area (Å²) >= 11 is 0. The maximum atomic E-state index is 5.01. The molecule has 1 aromatic rings. The predicted molar refractivity (Wildman–Crippen MR) is 91.6 cm³/mol. The topological polar surface area (TPSA) is 69.8 Å². The van der Waals surface area contributed by atoms with Gasteiger partial charge in [0, 0.05) is 46.2 Å². The Bertz CT molecular complexity index is 592.